The molecule has 1 aliphatic heterocycles. The molecule has 0 saturated carbocycles. The van der Waals surface area contributed by atoms with Gasteiger partial charge in [0.05, 0.1) is 42.6 Å². The Balaban J connectivity index is 1.60. The highest BCUT2D eigenvalue weighted by atomic mass is 35.5. The van der Waals surface area contributed by atoms with Gasteiger partial charge in [-0.1, -0.05) is 59.6 Å². The SMILES string of the molecule is [C-]#[N+]c1ccc([C@H](O)CN2CC(=O)N(c3ccc(OCCO)cc3Cl)[C@H](c3ccc(Cl)cc3)C2)cc1. The Bertz CT molecular complexity index is 1250. The highest BCUT2D eigenvalue weighted by Crippen LogP contribution is 2.38. The van der Waals surface area contributed by atoms with E-state index in [0.29, 0.717) is 39.3 Å². The number of aliphatic hydroxyl groups excluding tert-OH is 2. The summed E-state index contributed by atoms with van der Waals surface area (Å²) in [7, 11) is 0. The van der Waals surface area contributed by atoms with Crippen molar-refractivity contribution in [2.75, 3.05) is 37.7 Å². The Hall–Kier alpha value is -3.12. The van der Waals surface area contributed by atoms with E-state index in [-0.39, 0.29) is 38.3 Å². The van der Waals surface area contributed by atoms with Crippen LogP contribution in [-0.2, 0) is 4.79 Å². The van der Waals surface area contributed by atoms with Crippen molar-refractivity contribution in [2.24, 2.45) is 0 Å². The average molecular weight is 526 g/mol. The zero-order chi connectivity index (χ0) is 25.7. The van der Waals surface area contributed by atoms with Gasteiger partial charge in [-0.2, -0.15) is 0 Å². The highest BCUT2D eigenvalue weighted by molar-refractivity contribution is 6.34. The first-order valence-electron chi connectivity index (χ1n) is 11.4. The first-order valence-corrected chi connectivity index (χ1v) is 12.1. The van der Waals surface area contributed by atoms with Crippen molar-refractivity contribution in [1.82, 2.24) is 4.90 Å². The van der Waals surface area contributed by atoms with Crippen LogP contribution in [0, 0.1) is 6.57 Å². The van der Waals surface area contributed by atoms with E-state index in [2.05, 4.69) is 4.85 Å². The molecule has 1 saturated heterocycles. The van der Waals surface area contributed by atoms with Crippen molar-refractivity contribution < 1.29 is 19.7 Å². The van der Waals surface area contributed by atoms with Gasteiger partial charge in [0.2, 0.25) is 5.91 Å². The second kappa shape index (κ2) is 11.7. The summed E-state index contributed by atoms with van der Waals surface area (Å²) in [4.78, 5) is 20.5. The second-order valence-corrected chi connectivity index (χ2v) is 9.27. The van der Waals surface area contributed by atoms with Gasteiger partial charge >= 0.3 is 0 Å². The number of carbonyl (C=O) groups is 1. The number of benzene rings is 3. The molecular weight excluding hydrogens is 501 g/mol. The number of carbonyl (C=O) groups excluding carboxylic acids is 1. The Kier molecular flexibility index (Phi) is 8.47. The maximum atomic E-state index is 13.5. The first-order chi connectivity index (χ1) is 17.4. The van der Waals surface area contributed by atoms with Crippen LogP contribution in [-0.4, -0.2) is 53.9 Å². The lowest BCUT2D eigenvalue weighted by atomic mass is 10.00. The van der Waals surface area contributed by atoms with Crippen LogP contribution in [0.4, 0.5) is 11.4 Å². The Morgan fingerprint density at radius 3 is 2.44 bits per heavy atom. The van der Waals surface area contributed by atoms with E-state index in [1.165, 1.54) is 0 Å². The molecule has 1 aliphatic rings. The van der Waals surface area contributed by atoms with Crippen LogP contribution < -0.4 is 9.64 Å². The summed E-state index contributed by atoms with van der Waals surface area (Å²) in [6.45, 7) is 7.93. The highest BCUT2D eigenvalue weighted by Gasteiger charge is 2.36. The third kappa shape index (κ3) is 5.98. The molecule has 2 atom stereocenters. The Morgan fingerprint density at radius 1 is 1.08 bits per heavy atom. The van der Waals surface area contributed by atoms with Gasteiger partial charge in [0.1, 0.15) is 12.4 Å². The largest absolute Gasteiger partial charge is 0.491 e. The van der Waals surface area contributed by atoms with Gasteiger partial charge in [0, 0.05) is 24.2 Å². The molecule has 3 aromatic rings. The number of rotatable bonds is 8. The van der Waals surface area contributed by atoms with E-state index in [1.54, 1.807) is 59.5 Å². The smallest absolute Gasteiger partial charge is 0.241 e. The number of amides is 1. The molecule has 0 unspecified atom stereocenters. The van der Waals surface area contributed by atoms with Crippen LogP contribution in [0.1, 0.15) is 23.3 Å². The third-order valence-electron chi connectivity index (χ3n) is 6.00. The molecule has 3 aromatic carbocycles. The third-order valence-corrected chi connectivity index (χ3v) is 6.56. The fourth-order valence-corrected chi connectivity index (χ4v) is 4.66. The Morgan fingerprint density at radius 2 is 1.81 bits per heavy atom. The number of anilines is 1. The monoisotopic (exact) mass is 525 g/mol. The molecule has 0 bridgehead atoms. The molecule has 2 N–H and O–H groups in total. The fraction of sp³-hybridized carbons (Fsp3) is 0.259. The zero-order valence-corrected chi connectivity index (χ0v) is 20.9. The van der Waals surface area contributed by atoms with Crippen LogP contribution in [0.2, 0.25) is 10.0 Å². The first kappa shape index (κ1) is 26.0. The summed E-state index contributed by atoms with van der Waals surface area (Å²) >= 11 is 12.7. The number of hydrogen-bond donors (Lipinski definition) is 2. The molecule has 9 heteroatoms. The summed E-state index contributed by atoms with van der Waals surface area (Å²) in [5, 5.41) is 20.8. The second-order valence-electron chi connectivity index (χ2n) is 8.43. The van der Waals surface area contributed by atoms with Gasteiger partial charge in [0.15, 0.2) is 5.69 Å². The van der Waals surface area contributed by atoms with Crippen molar-refractivity contribution in [3.8, 4) is 5.75 Å². The molecule has 1 heterocycles. The van der Waals surface area contributed by atoms with Crippen molar-refractivity contribution in [2.45, 2.75) is 12.1 Å². The number of ether oxygens (including phenoxy) is 1. The van der Waals surface area contributed by atoms with E-state index in [4.69, 9.17) is 39.6 Å². The van der Waals surface area contributed by atoms with Gasteiger partial charge in [0.25, 0.3) is 0 Å². The van der Waals surface area contributed by atoms with E-state index in [1.807, 2.05) is 17.0 Å². The molecule has 0 radical (unpaired) electrons. The molecule has 1 fully saturated rings. The van der Waals surface area contributed by atoms with E-state index in [9.17, 15) is 9.90 Å². The average Bonchev–Trinajstić information content (AvgIpc) is 2.88. The molecule has 1 amide bonds. The predicted molar refractivity (Wildman–Crippen MR) is 140 cm³/mol. The number of piperazine rings is 1. The number of aliphatic hydroxyl groups is 2. The molecule has 0 spiro atoms. The molecule has 0 aliphatic carbocycles. The van der Waals surface area contributed by atoms with Crippen molar-refractivity contribution >= 4 is 40.5 Å². The van der Waals surface area contributed by atoms with Crippen molar-refractivity contribution in [1.29, 1.82) is 0 Å². The van der Waals surface area contributed by atoms with Crippen LogP contribution >= 0.6 is 23.2 Å². The normalized spacial score (nSPS) is 17.0. The topological polar surface area (TPSA) is 77.6 Å². The van der Waals surface area contributed by atoms with Gasteiger partial charge in [-0.15, -0.1) is 0 Å². The van der Waals surface area contributed by atoms with Crippen LogP contribution in [0.5, 0.6) is 5.75 Å². The Labute approximate surface area is 219 Å². The van der Waals surface area contributed by atoms with Crippen LogP contribution in [0.3, 0.4) is 0 Å². The van der Waals surface area contributed by atoms with Gasteiger partial charge < -0.3 is 19.8 Å². The minimum atomic E-state index is -0.818. The van der Waals surface area contributed by atoms with Crippen LogP contribution in [0.25, 0.3) is 4.85 Å². The molecular formula is C27H25Cl2N3O4. The maximum Gasteiger partial charge on any atom is 0.241 e. The summed E-state index contributed by atoms with van der Waals surface area (Å²) in [6.07, 6.45) is -0.818. The molecule has 4 rings (SSSR count). The quantitative estimate of drug-likeness (QED) is 0.403. The number of β-amino-alcohol motifs (C(OH)–C–C–N with tert-alkyl or cyclic N) is 1. The molecule has 0 aromatic heterocycles. The van der Waals surface area contributed by atoms with Gasteiger partial charge in [-0.3, -0.25) is 9.69 Å². The number of hydrogen-bond acceptors (Lipinski definition) is 5. The zero-order valence-electron chi connectivity index (χ0n) is 19.3. The lowest BCUT2D eigenvalue weighted by Crippen LogP contribution is -2.53. The van der Waals surface area contributed by atoms with Gasteiger partial charge in [-0.05, 0) is 35.4 Å². The number of nitrogens with zero attached hydrogens (tertiary/aromatic N) is 3. The molecule has 36 heavy (non-hydrogen) atoms. The fourth-order valence-electron chi connectivity index (χ4n) is 4.27. The summed E-state index contributed by atoms with van der Waals surface area (Å²) < 4.78 is 5.44. The molecule has 7 nitrogen and oxygen atoms in total. The van der Waals surface area contributed by atoms with E-state index >= 15 is 0 Å². The minimum Gasteiger partial charge on any atom is -0.491 e. The summed E-state index contributed by atoms with van der Waals surface area (Å²) in [5.41, 5.74) is 2.61. The lowest BCUT2D eigenvalue weighted by molar-refractivity contribution is -0.122. The number of halogens is 2. The van der Waals surface area contributed by atoms with Gasteiger partial charge in [-0.25, -0.2) is 4.85 Å². The van der Waals surface area contributed by atoms with Crippen molar-refractivity contribution in [3.63, 3.8) is 0 Å². The van der Waals surface area contributed by atoms with E-state index < -0.39 is 6.10 Å². The molecule has 186 valence electrons. The standard InChI is InChI=1S/C27H25Cl2N3O4/c1-30-21-8-4-19(5-9-21)26(34)16-31-15-25(18-2-6-20(28)7-3-18)32(27(35)17-31)24-11-10-22(14-23(24)29)36-13-12-33/h2-11,14,25-26,33-34H,12-13,15-17H2/t25-,26+/m0/s1. The van der Waals surface area contributed by atoms with E-state index in [0.717, 1.165) is 5.56 Å². The van der Waals surface area contributed by atoms with Crippen LogP contribution in [0.15, 0.2) is 66.7 Å². The summed E-state index contributed by atoms with van der Waals surface area (Å²) in [5.74, 6) is 0.335. The lowest BCUT2D eigenvalue weighted by Gasteiger charge is -2.42. The summed E-state index contributed by atoms with van der Waals surface area (Å²) in [6, 6.07) is 18.8. The maximum absolute atomic E-state index is 13.5. The predicted octanol–water partition coefficient (Wildman–Crippen LogP) is 5.04. The van der Waals surface area contributed by atoms with Crippen molar-refractivity contribution in [3.05, 3.63) is 99.3 Å². The minimum absolute atomic E-state index is 0.0976.